The third-order valence-corrected chi connectivity index (χ3v) is 0.154. The molecule has 0 atom stereocenters. The Morgan fingerprint density at radius 3 is 1.58 bits per heavy atom. The molecule has 0 amide bonds. The standard InChI is InChI=1S/C2H4F2O.C2H2F2.CH4.O2/c3-1-2-5-4;1-2(3)4;;1-2/h1-2H2;1H2;1H4;. The van der Waals surface area contributed by atoms with Crippen molar-refractivity contribution < 1.29 is 22.6 Å². The Morgan fingerprint density at radius 2 is 1.58 bits per heavy atom. The van der Waals surface area contributed by atoms with Crippen molar-refractivity contribution in [2.24, 2.45) is 0 Å². The molecule has 7 heteroatoms. The molecule has 0 heterocycles. The van der Waals surface area contributed by atoms with Crippen LogP contribution in [-0.4, -0.2) is 13.3 Å². The molecule has 3 nitrogen and oxygen atoms in total. The fourth-order valence-electron chi connectivity index (χ4n) is 0.0292. The molecule has 0 aromatic carbocycles. The molecule has 0 bridgehead atoms. The van der Waals surface area contributed by atoms with E-state index in [1.807, 2.05) is 0 Å². The van der Waals surface area contributed by atoms with E-state index >= 15 is 0 Å². The zero-order valence-electron chi connectivity index (χ0n) is 5.36. The SMILES string of the molecule is C.C=C(F)F.FCCOF.O=O. The quantitative estimate of drug-likeness (QED) is 0.634. The zero-order valence-corrected chi connectivity index (χ0v) is 5.36. The summed E-state index contributed by atoms with van der Waals surface area (Å²) in [5, 5.41) is 0. The minimum absolute atomic E-state index is 0. The van der Waals surface area contributed by atoms with Crippen LogP contribution in [0.4, 0.5) is 17.7 Å². The largest absolute Gasteiger partial charge is 0.263 e. The second-order valence-electron chi connectivity index (χ2n) is 0.841. The molecule has 0 aliphatic carbocycles. The van der Waals surface area contributed by atoms with Crippen LogP contribution >= 0.6 is 0 Å². The van der Waals surface area contributed by atoms with Crippen LogP contribution in [0.5, 0.6) is 0 Å². The third-order valence-electron chi connectivity index (χ3n) is 0.154. The zero-order chi connectivity index (χ0) is 9.70. The number of hydrogen-bond donors (Lipinski definition) is 0. The molecule has 76 valence electrons. The van der Waals surface area contributed by atoms with Gasteiger partial charge in [0.1, 0.15) is 13.3 Å². The maximum Gasteiger partial charge on any atom is 0.263 e. The second kappa shape index (κ2) is 32.3. The van der Waals surface area contributed by atoms with Gasteiger partial charge in [-0.15, -0.1) is 0 Å². The number of rotatable bonds is 2. The van der Waals surface area contributed by atoms with Crippen molar-refractivity contribution in [2.75, 3.05) is 13.3 Å². The summed E-state index contributed by atoms with van der Waals surface area (Å²) in [4.78, 5) is 16.8. The summed E-state index contributed by atoms with van der Waals surface area (Å²) >= 11 is 0. The highest BCUT2D eigenvalue weighted by Gasteiger charge is 1.74. The van der Waals surface area contributed by atoms with Gasteiger partial charge in [0, 0.05) is 9.93 Å². The molecule has 0 aliphatic rings. The molecule has 0 saturated carbocycles. The predicted molar refractivity (Wildman–Crippen MR) is 37.9 cm³/mol. The average molecular weight is 194 g/mol. The van der Waals surface area contributed by atoms with Crippen LogP contribution in [0.2, 0.25) is 0 Å². The van der Waals surface area contributed by atoms with Crippen LogP contribution in [0.25, 0.3) is 0 Å². The van der Waals surface area contributed by atoms with Gasteiger partial charge in [-0.25, -0.2) is 4.39 Å². The van der Waals surface area contributed by atoms with Crippen LogP contribution in [0.15, 0.2) is 12.7 Å². The van der Waals surface area contributed by atoms with Gasteiger partial charge in [-0.1, -0.05) is 7.43 Å². The summed E-state index contributed by atoms with van der Waals surface area (Å²) in [6.45, 7) is 1.02. The van der Waals surface area contributed by atoms with Crippen molar-refractivity contribution in [3.8, 4) is 0 Å². The molecule has 0 rings (SSSR count). The summed E-state index contributed by atoms with van der Waals surface area (Å²) in [6, 6.07) is 0. The Balaban J connectivity index is -0.0000000419. The first-order valence-electron chi connectivity index (χ1n) is 2.11. The van der Waals surface area contributed by atoms with Gasteiger partial charge in [-0.3, -0.25) is 0 Å². The average Bonchev–Trinajstić information content (AvgIpc) is 1.93. The molecule has 0 saturated heterocycles. The van der Waals surface area contributed by atoms with E-state index in [2.05, 4.69) is 11.5 Å². The summed E-state index contributed by atoms with van der Waals surface area (Å²) < 4.78 is 41.2. The fraction of sp³-hybridized carbons (Fsp3) is 0.600. The van der Waals surface area contributed by atoms with Gasteiger partial charge in [-0.05, 0) is 11.1 Å². The van der Waals surface area contributed by atoms with Crippen molar-refractivity contribution in [1.82, 2.24) is 0 Å². The van der Waals surface area contributed by atoms with E-state index in [1.165, 1.54) is 0 Å². The monoisotopic (exact) mass is 194 g/mol. The molecule has 0 radical (unpaired) electrons. The van der Waals surface area contributed by atoms with Crippen LogP contribution < -0.4 is 0 Å². The number of alkyl halides is 1. The molecule has 0 unspecified atom stereocenters. The first-order chi connectivity index (χ1) is 5.15. The Morgan fingerprint density at radius 1 is 1.33 bits per heavy atom. The van der Waals surface area contributed by atoms with Gasteiger partial charge in [-0.2, -0.15) is 13.7 Å². The third kappa shape index (κ3) is 558. The first kappa shape index (κ1) is 22.5. The van der Waals surface area contributed by atoms with Gasteiger partial charge in [0.15, 0.2) is 0 Å². The van der Waals surface area contributed by atoms with E-state index in [1.54, 1.807) is 0 Å². The van der Waals surface area contributed by atoms with Crippen LogP contribution in [0.3, 0.4) is 0 Å². The molecule has 0 aromatic rings. The summed E-state index contributed by atoms with van der Waals surface area (Å²) in [7, 11) is 0. The molecule has 0 N–H and O–H groups in total. The highest BCUT2D eigenvalue weighted by atomic mass is 19.3. The van der Waals surface area contributed by atoms with Crippen molar-refractivity contribution in [3.05, 3.63) is 22.6 Å². The van der Waals surface area contributed by atoms with Gasteiger partial charge in [0.25, 0.3) is 6.08 Å². The van der Waals surface area contributed by atoms with Crippen LogP contribution in [-0.2, 0) is 4.94 Å². The van der Waals surface area contributed by atoms with E-state index in [9.17, 15) is 17.7 Å². The van der Waals surface area contributed by atoms with E-state index in [4.69, 9.17) is 9.93 Å². The molecule has 0 aromatic heterocycles. The van der Waals surface area contributed by atoms with Gasteiger partial charge in [0.05, 0.1) is 0 Å². The number of hydrogen-bond acceptors (Lipinski definition) is 3. The lowest BCUT2D eigenvalue weighted by Gasteiger charge is -1.75. The summed E-state index contributed by atoms with van der Waals surface area (Å²) in [5.74, 6) is 0. The van der Waals surface area contributed by atoms with Crippen molar-refractivity contribution in [3.63, 3.8) is 0 Å². The lowest BCUT2D eigenvalue weighted by Crippen LogP contribution is -1.82. The van der Waals surface area contributed by atoms with Gasteiger partial charge in [0.2, 0.25) is 0 Å². The normalized spacial score (nSPS) is 6.00. The molecule has 0 aliphatic heterocycles. The Bertz CT molecular complexity index is 75.1. The lowest BCUT2D eigenvalue weighted by molar-refractivity contribution is -0.134. The maximum absolute atomic E-state index is 10.6. The number of halogens is 4. The molecule has 0 fully saturated rings. The highest BCUT2D eigenvalue weighted by Crippen LogP contribution is 1.85. The molecular weight excluding hydrogens is 184 g/mol. The highest BCUT2D eigenvalue weighted by molar-refractivity contribution is 4.57. The minimum Gasteiger partial charge on any atom is -0.248 e. The second-order valence-corrected chi connectivity index (χ2v) is 0.841. The Labute approximate surface area is 67.1 Å². The minimum atomic E-state index is -1.83. The summed E-state index contributed by atoms with van der Waals surface area (Å²) in [5.41, 5.74) is 0. The van der Waals surface area contributed by atoms with Gasteiger partial charge < -0.3 is 0 Å². The van der Waals surface area contributed by atoms with E-state index < -0.39 is 19.4 Å². The van der Waals surface area contributed by atoms with Gasteiger partial charge >= 0.3 is 0 Å². The smallest absolute Gasteiger partial charge is 0.248 e. The van der Waals surface area contributed by atoms with E-state index in [0.717, 1.165) is 0 Å². The van der Waals surface area contributed by atoms with Crippen molar-refractivity contribution >= 4 is 0 Å². The van der Waals surface area contributed by atoms with Crippen molar-refractivity contribution in [2.45, 2.75) is 7.43 Å². The fourth-order valence-corrected chi connectivity index (χ4v) is 0.0292. The molecule has 0 spiro atoms. The van der Waals surface area contributed by atoms with Crippen LogP contribution in [0, 0.1) is 9.93 Å². The Hall–Kier alpha value is -0.980. The predicted octanol–water partition coefficient (Wildman–Crippen LogP) is 2.96. The Kier molecular flexibility index (Phi) is 60.5. The topological polar surface area (TPSA) is 43.4 Å². The molecule has 12 heavy (non-hydrogen) atoms. The van der Waals surface area contributed by atoms with Crippen LogP contribution in [0.1, 0.15) is 7.43 Å². The van der Waals surface area contributed by atoms with E-state index in [-0.39, 0.29) is 7.43 Å². The lowest BCUT2D eigenvalue weighted by atomic mass is 10.8. The maximum atomic E-state index is 10.6. The molecular formula is C5H10F4O3. The first-order valence-corrected chi connectivity index (χ1v) is 2.11. The van der Waals surface area contributed by atoms with E-state index in [0.29, 0.717) is 0 Å². The van der Waals surface area contributed by atoms with Crippen molar-refractivity contribution in [1.29, 1.82) is 0 Å². The summed E-state index contributed by atoms with van der Waals surface area (Å²) in [6.07, 6.45) is -1.83.